The number of halogens is 4. The number of esters is 1. The Balaban J connectivity index is 1.64. The molecular formula is C22H27F4N5O3. The van der Waals surface area contributed by atoms with Gasteiger partial charge in [0.25, 0.3) is 5.92 Å². The highest BCUT2D eigenvalue weighted by molar-refractivity contribution is 6.03. The van der Waals surface area contributed by atoms with Gasteiger partial charge in [-0.2, -0.15) is 5.10 Å². The quantitative estimate of drug-likeness (QED) is 0.383. The number of hydrogen-bond donors (Lipinski definition) is 2. The van der Waals surface area contributed by atoms with Crippen molar-refractivity contribution in [2.45, 2.75) is 63.3 Å². The van der Waals surface area contributed by atoms with Gasteiger partial charge in [-0.25, -0.2) is 27.1 Å². The van der Waals surface area contributed by atoms with Gasteiger partial charge in [0.1, 0.15) is 0 Å². The number of carbonyl (C=O) groups is 2. The summed E-state index contributed by atoms with van der Waals surface area (Å²) in [5, 5.41) is 6.54. The monoisotopic (exact) mass is 485 g/mol. The zero-order valence-corrected chi connectivity index (χ0v) is 18.9. The van der Waals surface area contributed by atoms with E-state index < -0.39 is 48.1 Å². The number of methoxy groups -OCH3 is 1. The summed E-state index contributed by atoms with van der Waals surface area (Å²) in [6, 6.07) is 1.09. The minimum absolute atomic E-state index is 0.152. The lowest BCUT2D eigenvalue weighted by Crippen LogP contribution is -2.59. The van der Waals surface area contributed by atoms with Crippen LogP contribution in [0.25, 0.3) is 5.65 Å². The molecule has 0 spiro atoms. The minimum Gasteiger partial charge on any atom is -0.468 e. The molecule has 0 aromatic carbocycles. The third kappa shape index (κ3) is 4.47. The summed E-state index contributed by atoms with van der Waals surface area (Å²) >= 11 is 0. The summed E-state index contributed by atoms with van der Waals surface area (Å²) in [6.45, 7) is 0.815. The molecule has 2 aromatic heterocycles. The number of nitrogens with one attached hydrogen (secondary N) is 1. The van der Waals surface area contributed by atoms with Crippen LogP contribution in [0.2, 0.25) is 0 Å². The number of aromatic nitrogens is 3. The van der Waals surface area contributed by atoms with Gasteiger partial charge in [0, 0.05) is 25.7 Å². The molecule has 0 bridgehead atoms. The molecule has 12 heteroatoms. The fraction of sp³-hybridized carbons (Fsp3) is 0.636. The van der Waals surface area contributed by atoms with Crippen LogP contribution < -0.4 is 11.1 Å². The molecule has 2 aromatic rings. The third-order valence-electron chi connectivity index (χ3n) is 6.92. The molecule has 3 N–H and O–H groups in total. The fourth-order valence-corrected chi connectivity index (χ4v) is 4.89. The Morgan fingerprint density at radius 1 is 1.29 bits per heavy atom. The van der Waals surface area contributed by atoms with Crippen LogP contribution in [-0.4, -0.2) is 52.0 Å². The molecule has 2 aliphatic rings. The van der Waals surface area contributed by atoms with Crippen molar-refractivity contribution < 1.29 is 31.9 Å². The lowest BCUT2D eigenvalue weighted by Gasteiger charge is -2.37. The maximum Gasteiger partial charge on any atom is 0.322 e. The Morgan fingerprint density at radius 3 is 2.62 bits per heavy atom. The number of rotatable bonds is 5. The van der Waals surface area contributed by atoms with Crippen LogP contribution in [-0.2, 0) is 20.7 Å². The number of hydrogen-bond acceptors (Lipinski definition) is 6. The molecule has 1 aliphatic heterocycles. The van der Waals surface area contributed by atoms with Crippen LogP contribution in [0.5, 0.6) is 0 Å². The van der Waals surface area contributed by atoms with Crippen molar-refractivity contribution in [2.24, 2.45) is 17.1 Å². The van der Waals surface area contributed by atoms with Gasteiger partial charge in [-0.05, 0) is 37.3 Å². The number of alkyl halides is 4. The van der Waals surface area contributed by atoms with Crippen molar-refractivity contribution >= 4 is 17.5 Å². The van der Waals surface area contributed by atoms with Crippen LogP contribution in [0.1, 0.15) is 55.1 Å². The largest absolute Gasteiger partial charge is 0.468 e. The highest BCUT2D eigenvalue weighted by Gasteiger charge is 2.57. The first kappa shape index (κ1) is 24.4. The molecule has 8 nitrogen and oxygen atoms in total. The average molecular weight is 485 g/mol. The Hall–Kier alpha value is -2.76. The molecule has 1 saturated carbocycles. The number of ether oxygens (including phenoxy) is 1. The number of nitrogens with zero attached hydrogens (tertiary/aromatic N) is 3. The summed E-state index contributed by atoms with van der Waals surface area (Å²) < 4.78 is 61.6. The second-order valence-electron chi connectivity index (χ2n) is 9.43. The highest BCUT2D eigenvalue weighted by Crippen LogP contribution is 2.41. The zero-order valence-electron chi connectivity index (χ0n) is 18.9. The number of fused-ring (bicyclic) bond motifs is 1. The molecule has 0 radical (unpaired) electrons. The number of aryl methyl sites for hydroxylation is 1. The molecular weight excluding hydrogens is 458 g/mol. The van der Waals surface area contributed by atoms with Crippen LogP contribution >= 0.6 is 0 Å². The van der Waals surface area contributed by atoms with Gasteiger partial charge >= 0.3 is 5.97 Å². The van der Waals surface area contributed by atoms with E-state index in [-0.39, 0.29) is 43.7 Å². The van der Waals surface area contributed by atoms with E-state index in [1.807, 2.05) is 0 Å². The third-order valence-corrected chi connectivity index (χ3v) is 6.92. The van der Waals surface area contributed by atoms with Gasteiger partial charge in [0.2, 0.25) is 11.8 Å². The van der Waals surface area contributed by atoms with E-state index in [0.717, 1.165) is 7.11 Å². The topological polar surface area (TPSA) is 112 Å². The van der Waals surface area contributed by atoms with Crippen molar-refractivity contribution in [3.63, 3.8) is 0 Å². The van der Waals surface area contributed by atoms with Crippen molar-refractivity contribution in [1.29, 1.82) is 0 Å². The smallest absolute Gasteiger partial charge is 0.322 e. The van der Waals surface area contributed by atoms with Crippen LogP contribution in [0, 0.1) is 18.3 Å². The number of carbonyl (C=O) groups excluding carboxylic acids is 2. The van der Waals surface area contributed by atoms with E-state index >= 15 is 0 Å². The van der Waals surface area contributed by atoms with E-state index in [9.17, 15) is 27.2 Å². The number of nitrogens with two attached hydrogens (primary N) is 1. The average Bonchev–Trinajstić information content (AvgIpc) is 3.18. The van der Waals surface area contributed by atoms with Crippen molar-refractivity contribution in [3.05, 3.63) is 29.2 Å². The summed E-state index contributed by atoms with van der Waals surface area (Å²) in [5.74, 6) is -8.00. The van der Waals surface area contributed by atoms with Crippen molar-refractivity contribution in [2.75, 3.05) is 13.7 Å². The first-order valence-corrected chi connectivity index (χ1v) is 11.1. The second-order valence-corrected chi connectivity index (χ2v) is 9.43. The normalized spacial score (nSPS) is 25.7. The summed E-state index contributed by atoms with van der Waals surface area (Å²) in [4.78, 5) is 29.7. The van der Waals surface area contributed by atoms with Gasteiger partial charge in [-0.15, -0.1) is 0 Å². The van der Waals surface area contributed by atoms with Gasteiger partial charge in [0.05, 0.1) is 37.3 Å². The van der Waals surface area contributed by atoms with E-state index in [1.54, 1.807) is 19.2 Å². The predicted molar refractivity (Wildman–Crippen MR) is 112 cm³/mol. The highest BCUT2D eigenvalue weighted by atomic mass is 19.3. The molecule has 1 saturated heterocycles. The molecule has 2 atom stereocenters. The number of piperidine rings is 1. The van der Waals surface area contributed by atoms with Gasteiger partial charge in [0.15, 0.2) is 11.1 Å². The summed E-state index contributed by atoms with van der Waals surface area (Å²) in [5.41, 5.74) is 5.90. The van der Waals surface area contributed by atoms with Crippen LogP contribution in [0.3, 0.4) is 0 Å². The first-order chi connectivity index (χ1) is 15.9. The lowest BCUT2D eigenvalue weighted by molar-refractivity contribution is -0.172. The minimum atomic E-state index is -3.29. The Labute approximate surface area is 193 Å². The molecule has 2 fully saturated rings. The number of amides is 1. The number of imidazole rings is 1. The molecule has 2 unspecified atom stereocenters. The van der Waals surface area contributed by atoms with Gasteiger partial charge in [-0.1, -0.05) is 0 Å². The standard InChI is InChI=1S/C22H27F4N5O3/c1-12-7-16-29-15(17(27)13-3-5-21(23,24)6-4-13)9-31(16)30-14(12)8-20(19(33)34-2)10-22(25,26)11-28-18(20)32/h7,9,13,17H,3-6,8,10-11,27H2,1-2H3,(H,28,32). The van der Waals surface area contributed by atoms with E-state index in [1.165, 1.54) is 4.52 Å². The fourth-order valence-electron chi connectivity index (χ4n) is 4.89. The van der Waals surface area contributed by atoms with Gasteiger partial charge < -0.3 is 15.8 Å². The molecule has 1 amide bonds. The molecule has 34 heavy (non-hydrogen) atoms. The van der Waals surface area contributed by atoms with Crippen LogP contribution in [0.15, 0.2) is 12.3 Å². The molecule has 3 heterocycles. The summed E-state index contributed by atoms with van der Waals surface area (Å²) in [6.07, 6.45) is 0.306. The first-order valence-electron chi connectivity index (χ1n) is 11.1. The Morgan fingerprint density at radius 2 is 1.97 bits per heavy atom. The Bertz CT molecular complexity index is 1100. The van der Waals surface area contributed by atoms with Crippen molar-refractivity contribution in [1.82, 2.24) is 19.9 Å². The van der Waals surface area contributed by atoms with E-state index in [0.29, 0.717) is 16.9 Å². The predicted octanol–water partition coefficient (Wildman–Crippen LogP) is 2.72. The summed E-state index contributed by atoms with van der Waals surface area (Å²) in [7, 11) is 1.04. The van der Waals surface area contributed by atoms with Gasteiger partial charge in [-0.3, -0.25) is 9.59 Å². The van der Waals surface area contributed by atoms with Crippen molar-refractivity contribution in [3.8, 4) is 0 Å². The Kier molecular flexibility index (Phi) is 6.07. The molecule has 4 rings (SSSR count). The SMILES string of the molecule is COC(=O)C1(Cc2nn3cc(C(N)C4CCC(F)(F)CC4)nc3cc2C)CC(F)(F)CNC1=O. The zero-order chi connectivity index (χ0) is 24.9. The van der Waals surface area contributed by atoms with Crippen LogP contribution in [0.4, 0.5) is 17.6 Å². The van der Waals surface area contributed by atoms with E-state index in [2.05, 4.69) is 15.4 Å². The van der Waals surface area contributed by atoms with E-state index in [4.69, 9.17) is 10.5 Å². The second kappa shape index (κ2) is 8.47. The maximum atomic E-state index is 14.2. The maximum absolute atomic E-state index is 14.2. The molecule has 1 aliphatic carbocycles. The lowest BCUT2D eigenvalue weighted by atomic mass is 9.74. The molecule has 186 valence electrons.